The van der Waals surface area contributed by atoms with Crippen molar-refractivity contribution in [1.29, 1.82) is 0 Å². The molecular formula is C59H50O4. The van der Waals surface area contributed by atoms with Crippen LogP contribution in [0.1, 0.15) is 48.1 Å². The third-order valence-corrected chi connectivity index (χ3v) is 12.9. The number of aliphatic hydroxyl groups is 2. The molecule has 0 unspecified atom stereocenters. The van der Waals surface area contributed by atoms with Crippen molar-refractivity contribution in [2.24, 2.45) is 0 Å². The molecule has 0 atom stereocenters. The first kappa shape index (κ1) is 40.1. The minimum absolute atomic E-state index is 0.101. The Morgan fingerprint density at radius 3 is 1.29 bits per heavy atom. The average Bonchev–Trinajstić information content (AvgIpc) is 3.34. The van der Waals surface area contributed by atoms with Crippen molar-refractivity contribution in [1.82, 2.24) is 0 Å². The first-order chi connectivity index (χ1) is 30.9. The lowest BCUT2D eigenvalue weighted by Crippen LogP contribution is -2.21. The molecule has 0 heterocycles. The molecule has 0 saturated carbocycles. The van der Waals surface area contributed by atoms with Crippen LogP contribution in [0.3, 0.4) is 0 Å². The van der Waals surface area contributed by atoms with E-state index in [4.69, 9.17) is 9.47 Å². The Kier molecular flexibility index (Phi) is 10.9. The van der Waals surface area contributed by atoms with Crippen LogP contribution >= 0.6 is 0 Å². The van der Waals surface area contributed by atoms with Gasteiger partial charge in [0, 0.05) is 27.7 Å². The van der Waals surface area contributed by atoms with E-state index in [9.17, 15) is 10.2 Å². The molecule has 0 aromatic heterocycles. The highest BCUT2D eigenvalue weighted by Gasteiger charge is 2.32. The number of benzene rings is 9. The molecule has 9 aromatic rings. The number of rotatable bonds is 12. The predicted octanol–water partition coefficient (Wildman–Crippen LogP) is 13.6. The lowest BCUT2D eigenvalue weighted by molar-refractivity contribution is 0.201. The second-order valence-electron chi connectivity index (χ2n) is 17.0. The first-order valence-electron chi connectivity index (χ1n) is 22.0. The number of aryl methyl sites for hydroxylation is 1. The summed E-state index contributed by atoms with van der Waals surface area (Å²) in [5.74, 6) is 1.51. The highest BCUT2D eigenvalue weighted by molar-refractivity contribution is 6.04. The van der Waals surface area contributed by atoms with E-state index in [1.165, 1.54) is 11.1 Å². The smallest absolute Gasteiger partial charge is 0.135 e. The van der Waals surface area contributed by atoms with Gasteiger partial charge in [0.15, 0.2) is 0 Å². The van der Waals surface area contributed by atoms with E-state index in [2.05, 4.69) is 196 Å². The van der Waals surface area contributed by atoms with Gasteiger partial charge in [0.1, 0.15) is 24.7 Å². The molecule has 10 rings (SSSR count). The molecule has 0 spiro atoms. The van der Waals surface area contributed by atoms with Crippen molar-refractivity contribution in [3.05, 3.63) is 210 Å². The van der Waals surface area contributed by atoms with Crippen molar-refractivity contribution < 1.29 is 19.7 Å². The van der Waals surface area contributed by atoms with Gasteiger partial charge >= 0.3 is 0 Å². The van der Waals surface area contributed by atoms with Gasteiger partial charge in [0.25, 0.3) is 0 Å². The Labute approximate surface area is 369 Å². The summed E-state index contributed by atoms with van der Waals surface area (Å²) in [6, 6.07) is 62.9. The van der Waals surface area contributed by atoms with Crippen LogP contribution in [0.2, 0.25) is 0 Å². The van der Waals surface area contributed by atoms with Gasteiger partial charge in [0.2, 0.25) is 0 Å². The van der Waals surface area contributed by atoms with Gasteiger partial charge in [-0.2, -0.15) is 0 Å². The summed E-state index contributed by atoms with van der Waals surface area (Å²) in [4.78, 5) is 0. The minimum Gasteiger partial charge on any atom is -0.490 e. The Morgan fingerprint density at radius 1 is 0.429 bits per heavy atom. The summed E-state index contributed by atoms with van der Waals surface area (Å²) in [5.41, 5.74) is 12.5. The van der Waals surface area contributed by atoms with E-state index in [1.807, 2.05) is 0 Å². The molecule has 0 bridgehead atoms. The fraction of sp³-hybridized carbons (Fsp3) is 0.153. The molecule has 1 aliphatic rings. The second-order valence-corrected chi connectivity index (χ2v) is 17.0. The van der Waals surface area contributed by atoms with Crippen LogP contribution < -0.4 is 9.47 Å². The molecule has 4 nitrogen and oxygen atoms in total. The van der Waals surface area contributed by atoms with Gasteiger partial charge in [-0.25, -0.2) is 0 Å². The molecule has 63 heavy (non-hydrogen) atoms. The molecule has 2 N–H and O–H groups in total. The van der Waals surface area contributed by atoms with Crippen molar-refractivity contribution in [3.63, 3.8) is 0 Å². The molecule has 1 aliphatic carbocycles. The number of allylic oxidation sites excluding steroid dienone is 1. The van der Waals surface area contributed by atoms with Crippen LogP contribution in [0.15, 0.2) is 182 Å². The largest absolute Gasteiger partial charge is 0.490 e. The van der Waals surface area contributed by atoms with Crippen molar-refractivity contribution in [3.8, 4) is 44.9 Å². The molecule has 0 radical (unpaired) electrons. The van der Waals surface area contributed by atoms with Gasteiger partial charge in [-0.15, -0.1) is 0 Å². The normalized spacial score (nSPS) is 12.7. The van der Waals surface area contributed by atoms with Crippen LogP contribution in [0.5, 0.6) is 11.5 Å². The molecule has 310 valence electrons. The summed E-state index contributed by atoms with van der Waals surface area (Å²) in [6.45, 7) is 4.75. The van der Waals surface area contributed by atoms with E-state index >= 15 is 0 Å². The van der Waals surface area contributed by atoms with Crippen molar-refractivity contribution in [2.75, 3.05) is 26.4 Å². The third-order valence-electron chi connectivity index (χ3n) is 12.9. The zero-order valence-corrected chi connectivity index (χ0v) is 35.8. The number of aliphatic hydroxyl groups excluding tert-OH is 2. The fourth-order valence-corrected chi connectivity index (χ4v) is 9.67. The number of fused-ring (bicyclic) bond motifs is 4. The summed E-state index contributed by atoms with van der Waals surface area (Å²) in [5, 5.41) is 27.3. The Bertz CT molecular complexity index is 3080. The molecular weight excluding hydrogens is 773 g/mol. The lowest BCUT2D eigenvalue weighted by atomic mass is 9.73. The monoisotopic (exact) mass is 822 g/mol. The van der Waals surface area contributed by atoms with Gasteiger partial charge in [-0.3, -0.25) is 0 Å². The van der Waals surface area contributed by atoms with E-state index in [0.29, 0.717) is 0 Å². The highest BCUT2D eigenvalue weighted by Crippen LogP contribution is 2.50. The number of hydrogen-bond acceptors (Lipinski definition) is 4. The fourth-order valence-electron chi connectivity index (χ4n) is 9.67. The van der Waals surface area contributed by atoms with Gasteiger partial charge in [0.05, 0.1) is 13.2 Å². The SMILES string of the molecule is CC(C)(c1cc(C2=CCCc3ccccc32)c(OCCO)c(-c2cccc3ccccc23)c1)c1cc(-c2cccc3ccccc23)c(OCCO)c(-c2cccc3ccccc23)c1. The molecule has 4 heteroatoms. The molecule has 0 amide bonds. The predicted molar refractivity (Wildman–Crippen MR) is 261 cm³/mol. The summed E-state index contributed by atoms with van der Waals surface area (Å²) in [6.07, 6.45) is 4.26. The van der Waals surface area contributed by atoms with Crippen LogP contribution in [0, 0.1) is 0 Å². The van der Waals surface area contributed by atoms with E-state index in [-0.39, 0.29) is 26.4 Å². The highest BCUT2D eigenvalue weighted by atomic mass is 16.5. The number of ether oxygens (including phenoxy) is 2. The van der Waals surface area contributed by atoms with Crippen LogP contribution in [0.4, 0.5) is 0 Å². The quantitative estimate of drug-likeness (QED) is 0.129. The molecule has 9 aromatic carbocycles. The Morgan fingerprint density at radius 2 is 0.810 bits per heavy atom. The van der Waals surface area contributed by atoms with Crippen LogP contribution in [-0.4, -0.2) is 36.6 Å². The lowest BCUT2D eigenvalue weighted by Gasteiger charge is -2.32. The second kappa shape index (κ2) is 17.1. The van der Waals surface area contributed by atoms with Crippen molar-refractivity contribution >= 4 is 37.9 Å². The van der Waals surface area contributed by atoms with E-state index in [0.717, 1.165) is 112 Å². The third kappa shape index (κ3) is 7.35. The summed E-state index contributed by atoms with van der Waals surface area (Å²) in [7, 11) is 0. The van der Waals surface area contributed by atoms with Crippen LogP contribution in [0.25, 0.3) is 71.3 Å². The Balaban J connectivity index is 1.29. The van der Waals surface area contributed by atoms with Crippen LogP contribution in [-0.2, 0) is 11.8 Å². The maximum Gasteiger partial charge on any atom is 0.135 e. The van der Waals surface area contributed by atoms with E-state index in [1.54, 1.807) is 0 Å². The van der Waals surface area contributed by atoms with Gasteiger partial charge < -0.3 is 19.7 Å². The first-order valence-corrected chi connectivity index (χ1v) is 22.0. The minimum atomic E-state index is -0.577. The summed E-state index contributed by atoms with van der Waals surface area (Å²) < 4.78 is 13.4. The van der Waals surface area contributed by atoms with Gasteiger partial charge in [-0.1, -0.05) is 172 Å². The molecule has 0 aliphatic heterocycles. The summed E-state index contributed by atoms with van der Waals surface area (Å²) >= 11 is 0. The number of hydrogen-bond donors (Lipinski definition) is 2. The van der Waals surface area contributed by atoms with E-state index < -0.39 is 5.41 Å². The van der Waals surface area contributed by atoms with Crippen molar-refractivity contribution in [2.45, 2.75) is 32.1 Å². The standard InChI is InChI=1S/C59H50O4/c1-59(2,43-35-53(49-27-11-19-39-15-3-7-23-45(39)49)57(62-33-31-60)54(36-43)50-28-12-20-40-16-4-8-24-46(40)50)44-37-55(51-29-13-21-41-17-5-9-25-47(41)51)58(63-34-32-61)56(38-44)52-30-14-22-42-18-6-10-26-48(42)52/h3-13,15-21,23-30,35-38,60-61H,14,22,31-34H2,1-2H3. The maximum absolute atomic E-state index is 10.2. The average molecular weight is 823 g/mol. The maximum atomic E-state index is 10.2. The Hall–Kier alpha value is -6.98. The van der Waals surface area contributed by atoms with Gasteiger partial charge in [-0.05, 0) is 114 Å². The molecule has 0 saturated heterocycles. The zero-order valence-electron chi connectivity index (χ0n) is 35.8. The topological polar surface area (TPSA) is 58.9 Å². The zero-order chi connectivity index (χ0) is 42.9. The molecule has 0 fully saturated rings.